The molecule has 2 rings (SSSR count). The van der Waals surface area contributed by atoms with Gasteiger partial charge in [-0.15, -0.1) is 0 Å². The zero-order chi connectivity index (χ0) is 13.0. The second-order valence-corrected chi connectivity index (χ2v) is 5.86. The van der Waals surface area contributed by atoms with Crippen LogP contribution in [0.2, 0.25) is 0 Å². The zero-order valence-corrected chi connectivity index (χ0v) is 11.8. The summed E-state index contributed by atoms with van der Waals surface area (Å²) >= 11 is 0. The fourth-order valence-corrected chi connectivity index (χ4v) is 3.25. The zero-order valence-electron chi connectivity index (χ0n) is 11.8. The van der Waals surface area contributed by atoms with Gasteiger partial charge >= 0.3 is 0 Å². The van der Waals surface area contributed by atoms with Gasteiger partial charge in [0, 0.05) is 38.8 Å². The summed E-state index contributed by atoms with van der Waals surface area (Å²) in [5.74, 6) is 0. The van der Waals surface area contributed by atoms with E-state index < -0.39 is 0 Å². The molecule has 2 aliphatic heterocycles. The normalized spacial score (nSPS) is 32.1. The predicted molar refractivity (Wildman–Crippen MR) is 73.3 cm³/mol. The third-order valence-electron chi connectivity index (χ3n) is 4.51. The molecule has 18 heavy (non-hydrogen) atoms. The average molecular weight is 250 g/mol. The summed E-state index contributed by atoms with van der Waals surface area (Å²) in [6, 6.07) is 3.26. The lowest BCUT2D eigenvalue weighted by Gasteiger charge is -2.41. The first-order valence-corrected chi connectivity index (χ1v) is 7.29. The summed E-state index contributed by atoms with van der Waals surface area (Å²) in [6.07, 6.45) is 3.18. The van der Waals surface area contributed by atoms with Crippen LogP contribution in [0.1, 0.15) is 33.1 Å². The molecule has 2 fully saturated rings. The van der Waals surface area contributed by atoms with E-state index in [1.165, 1.54) is 0 Å². The first-order valence-electron chi connectivity index (χ1n) is 7.29. The first-order chi connectivity index (χ1) is 8.68. The van der Waals surface area contributed by atoms with Crippen LogP contribution < -0.4 is 5.32 Å². The SMILES string of the molecule is CC(C)N1CCCC(C#N)(N2CCNCC2)CC1. The highest BCUT2D eigenvalue weighted by Crippen LogP contribution is 2.29. The van der Waals surface area contributed by atoms with Gasteiger partial charge in [-0.05, 0) is 39.7 Å². The number of hydrogen-bond donors (Lipinski definition) is 1. The Hall–Kier alpha value is -0.630. The Morgan fingerprint density at radius 1 is 1.11 bits per heavy atom. The van der Waals surface area contributed by atoms with Crippen molar-refractivity contribution in [2.75, 3.05) is 39.3 Å². The molecular formula is C14H26N4. The summed E-state index contributed by atoms with van der Waals surface area (Å²) in [7, 11) is 0. The summed E-state index contributed by atoms with van der Waals surface area (Å²) in [5.41, 5.74) is -0.203. The highest BCUT2D eigenvalue weighted by atomic mass is 15.3. The minimum Gasteiger partial charge on any atom is -0.314 e. The van der Waals surface area contributed by atoms with Crippen molar-refractivity contribution in [3.05, 3.63) is 0 Å². The Morgan fingerprint density at radius 3 is 2.44 bits per heavy atom. The van der Waals surface area contributed by atoms with Crippen LogP contribution in [-0.4, -0.2) is 60.6 Å². The Kier molecular flexibility index (Phi) is 4.60. The topological polar surface area (TPSA) is 42.3 Å². The maximum atomic E-state index is 9.71. The molecule has 2 heterocycles. The van der Waals surface area contributed by atoms with E-state index in [1.54, 1.807) is 0 Å². The molecule has 2 aliphatic rings. The molecule has 0 aromatic carbocycles. The Bertz CT molecular complexity index is 303. The monoisotopic (exact) mass is 250 g/mol. The standard InChI is InChI=1S/C14H26N4/c1-13(2)17-8-3-4-14(12-15,5-9-17)18-10-6-16-7-11-18/h13,16H,3-11H2,1-2H3. The molecule has 1 atom stereocenters. The molecule has 0 aromatic rings. The van der Waals surface area contributed by atoms with E-state index >= 15 is 0 Å². The van der Waals surface area contributed by atoms with Crippen LogP contribution in [0.25, 0.3) is 0 Å². The maximum Gasteiger partial charge on any atom is 0.110 e. The van der Waals surface area contributed by atoms with Gasteiger partial charge in [-0.25, -0.2) is 0 Å². The molecule has 1 unspecified atom stereocenters. The number of rotatable bonds is 2. The smallest absolute Gasteiger partial charge is 0.110 e. The van der Waals surface area contributed by atoms with E-state index in [0.717, 1.165) is 58.5 Å². The predicted octanol–water partition coefficient (Wildman–Crippen LogP) is 1.05. The largest absolute Gasteiger partial charge is 0.314 e. The summed E-state index contributed by atoms with van der Waals surface area (Å²) in [4.78, 5) is 4.94. The second kappa shape index (κ2) is 6.01. The van der Waals surface area contributed by atoms with Crippen LogP contribution in [0.4, 0.5) is 0 Å². The highest BCUT2D eigenvalue weighted by molar-refractivity contribution is 5.10. The van der Waals surface area contributed by atoms with Crippen molar-refractivity contribution in [2.45, 2.75) is 44.7 Å². The van der Waals surface area contributed by atoms with Crippen molar-refractivity contribution in [3.63, 3.8) is 0 Å². The molecule has 0 aromatic heterocycles. The van der Waals surface area contributed by atoms with Crippen molar-refractivity contribution in [3.8, 4) is 6.07 Å². The van der Waals surface area contributed by atoms with E-state index in [2.05, 4.69) is 35.0 Å². The molecule has 0 bridgehead atoms. The Morgan fingerprint density at radius 2 is 1.83 bits per heavy atom. The van der Waals surface area contributed by atoms with Gasteiger partial charge in [-0.2, -0.15) is 5.26 Å². The van der Waals surface area contributed by atoms with Gasteiger partial charge in [0.2, 0.25) is 0 Å². The number of likely N-dealkylation sites (tertiary alicyclic amines) is 1. The Labute approximate surface area is 111 Å². The van der Waals surface area contributed by atoms with Crippen LogP contribution in [0.3, 0.4) is 0 Å². The molecule has 4 nitrogen and oxygen atoms in total. The summed E-state index contributed by atoms with van der Waals surface area (Å²) in [6.45, 7) is 10.8. The lowest BCUT2D eigenvalue weighted by atomic mass is 9.89. The van der Waals surface area contributed by atoms with Crippen LogP contribution in [-0.2, 0) is 0 Å². The van der Waals surface area contributed by atoms with Gasteiger partial charge < -0.3 is 10.2 Å². The van der Waals surface area contributed by atoms with Crippen molar-refractivity contribution < 1.29 is 0 Å². The number of nitrogens with one attached hydrogen (secondary N) is 1. The van der Waals surface area contributed by atoms with Gasteiger partial charge in [-0.1, -0.05) is 0 Å². The van der Waals surface area contributed by atoms with Crippen LogP contribution in [0, 0.1) is 11.3 Å². The van der Waals surface area contributed by atoms with E-state index in [1.807, 2.05) is 0 Å². The van der Waals surface area contributed by atoms with Crippen molar-refractivity contribution in [1.82, 2.24) is 15.1 Å². The molecule has 2 saturated heterocycles. The lowest BCUT2D eigenvalue weighted by molar-refractivity contribution is 0.102. The Balaban J connectivity index is 2.05. The lowest BCUT2D eigenvalue weighted by Crippen LogP contribution is -2.56. The van der Waals surface area contributed by atoms with Gasteiger partial charge in [0.15, 0.2) is 0 Å². The van der Waals surface area contributed by atoms with Crippen LogP contribution in [0.15, 0.2) is 0 Å². The fourth-order valence-electron chi connectivity index (χ4n) is 3.25. The fraction of sp³-hybridized carbons (Fsp3) is 0.929. The highest BCUT2D eigenvalue weighted by Gasteiger charge is 2.39. The quantitative estimate of drug-likeness (QED) is 0.795. The molecule has 4 heteroatoms. The van der Waals surface area contributed by atoms with Crippen LogP contribution in [0.5, 0.6) is 0 Å². The second-order valence-electron chi connectivity index (χ2n) is 5.86. The van der Waals surface area contributed by atoms with Crippen molar-refractivity contribution >= 4 is 0 Å². The van der Waals surface area contributed by atoms with Gasteiger partial charge in [0.05, 0.1) is 6.07 Å². The van der Waals surface area contributed by atoms with Gasteiger partial charge in [0.1, 0.15) is 5.54 Å². The van der Waals surface area contributed by atoms with Crippen LogP contribution >= 0.6 is 0 Å². The third-order valence-corrected chi connectivity index (χ3v) is 4.51. The van der Waals surface area contributed by atoms with Crippen molar-refractivity contribution in [2.24, 2.45) is 0 Å². The van der Waals surface area contributed by atoms with Crippen molar-refractivity contribution in [1.29, 1.82) is 5.26 Å². The number of nitriles is 1. The molecule has 0 saturated carbocycles. The minimum atomic E-state index is -0.203. The number of hydrogen-bond acceptors (Lipinski definition) is 4. The van der Waals surface area contributed by atoms with E-state index in [9.17, 15) is 5.26 Å². The maximum absolute atomic E-state index is 9.71. The van der Waals surface area contributed by atoms with Gasteiger partial charge in [-0.3, -0.25) is 4.90 Å². The third kappa shape index (κ3) is 2.85. The van der Waals surface area contributed by atoms with E-state index in [4.69, 9.17) is 0 Å². The summed E-state index contributed by atoms with van der Waals surface area (Å²) in [5, 5.41) is 13.1. The number of piperazine rings is 1. The molecular weight excluding hydrogens is 224 g/mol. The van der Waals surface area contributed by atoms with E-state index in [-0.39, 0.29) is 5.54 Å². The molecule has 0 spiro atoms. The molecule has 102 valence electrons. The first kappa shape index (κ1) is 13.8. The minimum absolute atomic E-state index is 0.203. The van der Waals surface area contributed by atoms with Gasteiger partial charge in [0.25, 0.3) is 0 Å². The number of nitrogens with zero attached hydrogens (tertiary/aromatic N) is 3. The molecule has 1 N–H and O–H groups in total. The summed E-state index contributed by atoms with van der Waals surface area (Å²) < 4.78 is 0. The molecule has 0 amide bonds. The molecule has 0 radical (unpaired) electrons. The van der Waals surface area contributed by atoms with E-state index in [0.29, 0.717) is 6.04 Å². The molecule has 0 aliphatic carbocycles. The average Bonchev–Trinajstić information content (AvgIpc) is 2.63.